The fourth-order valence-corrected chi connectivity index (χ4v) is 4.99. The Morgan fingerprint density at radius 3 is 2.84 bits per heavy atom. The Morgan fingerprint density at radius 1 is 1.13 bits per heavy atom. The predicted molar refractivity (Wildman–Crippen MR) is 117 cm³/mol. The molecule has 31 heavy (non-hydrogen) atoms. The molecule has 0 spiro atoms. The third-order valence-corrected chi connectivity index (χ3v) is 6.86. The molecule has 0 bridgehead atoms. The molecule has 2 aliphatic heterocycles. The maximum Gasteiger partial charge on any atom is 0.254 e. The van der Waals surface area contributed by atoms with Crippen molar-refractivity contribution in [3.05, 3.63) is 65.5 Å². The van der Waals surface area contributed by atoms with Crippen molar-refractivity contribution in [2.45, 2.75) is 29.7 Å². The number of aromatic nitrogens is 3. The van der Waals surface area contributed by atoms with Crippen LogP contribution in [-0.2, 0) is 12.8 Å². The molecule has 2 aromatic carbocycles. The molecule has 0 aliphatic carbocycles. The summed E-state index contributed by atoms with van der Waals surface area (Å²) in [6, 6.07) is 15.7. The Hall–Kier alpha value is -3.00. The number of likely N-dealkylation sites (tertiary alicyclic amines) is 1. The second-order valence-corrected chi connectivity index (χ2v) is 8.77. The van der Waals surface area contributed by atoms with Gasteiger partial charge in [0.25, 0.3) is 5.91 Å². The molecule has 3 aromatic rings. The van der Waals surface area contributed by atoms with E-state index in [-0.39, 0.29) is 18.6 Å². The molecule has 0 N–H and O–H groups in total. The summed E-state index contributed by atoms with van der Waals surface area (Å²) in [5.74, 6) is 3.31. The van der Waals surface area contributed by atoms with Gasteiger partial charge in [0.05, 0.1) is 0 Å². The average molecular weight is 437 g/mol. The van der Waals surface area contributed by atoms with Crippen LogP contribution in [0.5, 0.6) is 11.5 Å². The third-order valence-electron chi connectivity index (χ3n) is 5.77. The van der Waals surface area contributed by atoms with E-state index in [4.69, 9.17) is 9.47 Å². The van der Waals surface area contributed by atoms with E-state index in [2.05, 4.69) is 26.9 Å². The maximum atomic E-state index is 13.1. The van der Waals surface area contributed by atoms with Crippen LogP contribution < -0.4 is 9.47 Å². The lowest BCUT2D eigenvalue weighted by molar-refractivity contribution is 0.0703. The minimum Gasteiger partial charge on any atom is -0.454 e. The number of amides is 1. The lowest BCUT2D eigenvalue weighted by atomic mass is 9.96. The fraction of sp³-hybridized carbons (Fsp3) is 0.348. The molecule has 5 rings (SSSR count). The molecule has 0 unspecified atom stereocenters. The number of rotatable bonds is 5. The number of hydrogen-bond acceptors (Lipinski definition) is 6. The first kappa shape index (κ1) is 19.9. The fourth-order valence-electron chi connectivity index (χ4n) is 4.11. The number of nitrogens with zero attached hydrogens (tertiary/aromatic N) is 4. The number of piperidine rings is 1. The van der Waals surface area contributed by atoms with E-state index in [1.165, 1.54) is 5.56 Å². The molecular weight excluding hydrogens is 412 g/mol. The zero-order valence-electron chi connectivity index (χ0n) is 17.4. The summed E-state index contributed by atoms with van der Waals surface area (Å²) in [6.45, 7) is 1.59. The molecule has 0 saturated carbocycles. The largest absolute Gasteiger partial charge is 0.454 e. The first-order chi connectivity index (χ1) is 15.2. The number of carbonyl (C=O) groups is 1. The number of hydrogen-bond donors (Lipinski definition) is 0. The van der Waals surface area contributed by atoms with Crippen LogP contribution >= 0.6 is 11.8 Å². The first-order valence-corrected chi connectivity index (χ1v) is 11.4. The molecule has 160 valence electrons. The average Bonchev–Trinajstić information content (AvgIpc) is 3.44. The highest BCUT2D eigenvalue weighted by atomic mass is 32.2. The molecule has 1 fully saturated rings. The number of ether oxygens (including phenoxy) is 2. The van der Waals surface area contributed by atoms with Gasteiger partial charge in [-0.2, -0.15) is 0 Å². The van der Waals surface area contributed by atoms with E-state index >= 15 is 0 Å². The van der Waals surface area contributed by atoms with Crippen molar-refractivity contribution < 1.29 is 14.3 Å². The monoisotopic (exact) mass is 436 g/mol. The number of fused-ring (bicyclic) bond motifs is 1. The van der Waals surface area contributed by atoms with Crippen LogP contribution in [0.1, 0.15) is 40.5 Å². The molecule has 2 aliphatic rings. The van der Waals surface area contributed by atoms with Crippen molar-refractivity contribution in [2.75, 3.05) is 19.9 Å². The molecular formula is C23H24N4O3S. The standard InChI is InChI=1S/C23H24N4O3S/c1-26-21(24-25-23(26)31-14-16-6-3-2-4-7-16)18-8-5-11-27(13-18)22(28)17-9-10-19-20(12-17)30-15-29-19/h2-4,6-7,9-10,12,18H,5,8,11,13-15H2,1H3/t18-/m1/s1. The minimum atomic E-state index is 0.0174. The Morgan fingerprint density at radius 2 is 1.97 bits per heavy atom. The quantitative estimate of drug-likeness (QED) is 0.566. The summed E-state index contributed by atoms with van der Waals surface area (Å²) < 4.78 is 12.8. The second-order valence-electron chi connectivity index (χ2n) is 7.83. The van der Waals surface area contributed by atoms with Crippen molar-refractivity contribution >= 4 is 17.7 Å². The summed E-state index contributed by atoms with van der Waals surface area (Å²) in [4.78, 5) is 15.0. The topological polar surface area (TPSA) is 69.5 Å². The zero-order valence-corrected chi connectivity index (χ0v) is 18.2. The number of carbonyl (C=O) groups excluding carboxylic acids is 1. The molecule has 1 saturated heterocycles. The van der Waals surface area contributed by atoms with Crippen LogP contribution in [-0.4, -0.2) is 45.5 Å². The zero-order chi connectivity index (χ0) is 21.2. The van der Waals surface area contributed by atoms with Crippen LogP contribution in [0.15, 0.2) is 53.7 Å². The Labute approximate surface area is 185 Å². The summed E-state index contributed by atoms with van der Waals surface area (Å²) in [5.41, 5.74) is 1.89. The van der Waals surface area contributed by atoms with Crippen molar-refractivity contribution in [2.24, 2.45) is 7.05 Å². The van der Waals surface area contributed by atoms with Gasteiger partial charge in [0, 0.05) is 37.4 Å². The lowest BCUT2D eigenvalue weighted by Gasteiger charge is -2.32. The molecule has 0 radical (unpaired) electrons. The molecule has 1 amide bonds. The molecule has 3 heterocycles. The highest BCUT2D eigenvalue weighted by Gasteiger charge is 2.29. The van der Waals surface area contributed by atoms with Crippen molar-refractivity contribution in [1.82, 2.24) is 19.7 Å². The van der Waals surface area contributed by atoms with Gasteiger partial charge in [-0.05, 0) is 36.6 Å². The van der Waals surface area contributed by atoms with Gasteiger partial charge < -0.3 is 18.9 Å². The summed E-state index contributed by atoms with van der Waals surface area (Å²) >= 11 is 1.68. The summed E-state index contributed by atoms with van der Waals surface area (Å²) in [6.07, 6.45) is 1.94. The van der Waals surface area contributed by atoms with Gasteiger partial charge in [-0.3, -0.25) is 4.79 Å². The highest BCUT2D eigenvalue weighted by Crippen LogP contribution is 2.34. The van der Waals surface area contributed by atoms with Crippen molar-refractivity contribution in [3.63, 3.8) is 0 Å². The van der Waals surface area contributed by atoms with Crippen molar-refractivity contribution in [1.29, 1.82) is 0 Å². The summed E-state index contributed by atoms with van der Waals surface area (Å²) in [7, 11) is 2.02. The van der Waals surface area contributed by atoms with Gasteiger partial charge in [-0.1, -0.05) is 42.1 Å². The van der Waals surface area contributed by atoms with Gasteiger partial charge in [0.2, 0.25) is 6.79 Å². The SMILES string of the molecule is Cn1c(SCc2ccccc2)nnc1[C@@H]1CCCN(C(=O)c2ccc3c(c2)OCO3)C1. The van der Waals surface area contributed by atoms with Crippen molar-refractivity contribution in [3.8, 4) is 11.5 Å². The van der Waals surface area contributed by atoms with Gasteiger partial charge in [0.15, 0.2) is 16.7 Å². The Bertz CT molecular complexity index is 1090. The second kappa shape index (κ2) is 8.63. The highest BCUT2D eigenvalue weighted by molar-refractivity contribution is 7.98. The first-order valence-electron chi connectivity index (χ1n) is 10.4. The number of thioether (sulfide) groups is 1. The van der Waals surface area contributed by atoms with E-state index in [1.807, 2.05) is 30.1 Å². The normalized spacial score (nSPS) is 17.7. The van der Waals surface area contributed by atoms with Gasteiger partial charge in [-0.15, -0.1) is 10.2 Å². The van der Waals surface area contributed by atoms with E-state index in [9.17, 15) is 4.79 Å². The Kier molecular flexibility index (Phi) is 5.55. The van der Waals surface area contributed by atoms with Crippen LogP contribution in [0, 0.1) is 0 Å². The lowest BCUT2D eigenvalue weighted by Crippen LogP contribution is -2.39. The summed E-state index contributed by atoms with van der Waals surface area (Å²) in [5, 5.41) is 9.80. The molecule has 7 nitrogen and oxygen atoms in total. The van der Waals surface area contributed by atoms with Crippen LogP contribution in [0.2, 0.25) is 0 Å². The molecule has 1 atom stereocenters. The molecule has 8 heteroatoms. The van der Waals surface area contributed by atoms with Crippen LogP contribution in [0.25, 0.3) is 0 Å². The Balaban J connectivity index is 1.27. The number of benzene rings is 2. The van der Waals surface area contributed by atoms with E-state index in [0.29, 0.717) is 23.6 Å². The van der Waals surface area contributed by atoms with Gasteiger partial charge in [-0.25, -0.2) is 0 Å². The van der Waals surface area contributed by atoms with Gasteiger partial charge >= 0.3 is 0 Å². The van der Waals surface area contributed by atoms with E-state index in [1.54, 1.807) is 30.0 Å². The third kappa shape index (κ3) is 4.12. The van der Waals surface area contributed by atoms with Gasteiger partial charge in [0.1, 0.15) is 5.82 Å². The maximum absolute atomic E-state index is 13.1. The van der Waals surface area contributed by atoms with E-state index in [0.717, 1.165) is 36.1 Å². The smallest absolute Gasteiger partial charge is 0.254 e. The van der Waals surface area contributed by atoms with Crippen LogP contribution in [0.3, 0.4) is 0 Å². The minimum absolute atomic E-state index is 0.0174. The predicted octanol–water partition coefficient (Wildman–Crippen LogP) is 3.86. The molecule has 1 aromatic heterocycles. The van der Waals surface area contributed by atoms with Crippen LogP contribution in [0.4, 0.5) is 0 Å². The van der Waals surface area contributed by atoms with E-state index < -0.39 is 0 Å².